The molecule has 1 fully saturated rings. The van der Waals surface area contributed by atoms with E-state index in [1.807, 2.05) is 31.2 Å². The first-order valence-electron chi connectivity index (χ1n) is 10.6. The van der Waals surface area contributed by atoms with Gasteiger partial charge in [-0.05, 0) is 49.6 Å². The Morgan fingerprint density at radius 2 is 1.94 bits per heavy atom. The van der Waals surface area contributed by atoms with E-state index >= 15 is 0 Å². The fraction of sp³-hybridized carbons (Fsp3) is 0.435. The van der Waals surface area contributed by atoms with E-state index in [0.29, 0.717) is 31.0 Å². The van der Waals surface area contributed by atoms with Gasteiger partial charge in [-0.1, -0.05) is 12.1 Å². The van der Waals surface area contributed by atoms with Gasteiger partial charge >= 0.3 is 5.97 Å². The summed E-state index contributed by atoms with van der Waals surface area (Å²) in [6, 6.07) is 11.1. The molecule has 174 valence electrons. The summed E-state index contributed by atoms with van der Waals surface area (Å²) >= 11 is 0. The van der Waals surface area contributed by atoms with Crippen LogP contribution >= 0.6 is 24.0 Å². The average Bonchev–Trinajstić information content (AvgIpc) is 3.32. The van der Waals surface area contributed by atoms with Crippen molar-refractivity contribution in [3.63, 3.8) is 0 Å². The van der Waals surface area contributed by atoms with Gasteiger partial charge in [0, 0.05) is 32.2 Å². The van der Waals surface area contributed by atoms with Gasteiger partial charge in [0.2, 0.25) is 0 Å². The Bertz CT molecular complexity index is 893. The number of carbonyl (C=O) groups excluding carboxylic acids is 2. The van der Waals surface area contributed by atoms with Gasteiger partial charge in [-0.25, -0.2) is 0 Å². The third kappa shape index (κ3) is 7.25. The SMILES string of the molecule is CCOC(=O)C1CCN(C(=NC)NCc2cccc(C(=O)NCc3ccco3)c2)CC1.I. The molecule has 8 nitrogen and oxygen atoms in total. The summed E-state index contributed by atoms with van der Waals surface area (Å²) in [5.41, 5.74) is 1.57. The summed E-state index contributed by atoms with van der Waals surface area (Å²) in [6.45, 7) is 4.64. The third-order valence-electron chi connectivity index (χ3n) is 5.27. The van der Waals surface area contributed by atoms with E-state index < -0.39 is 0 Å². The Labute approximate surface area is 205 Å². The van der Waals surface area contributed by atoms with Crippen LogP contribution in [0.25, 0.3) is 0 Å². The first kappa shape index (κ1) is 25.7. The predicted molar refractivity (Wildman–Crippen MR) is 133 cm³/mol. The van der Waals surface area contributed by atoms with Gasteiger partial charge in [-0.2, -0.15) is 0 Å². The van der Waals surface area contributed by atoms with Crippen molar-refractivity contribution in [2.75, 3.05) is 26.7 Å². The van der Waals surface area contributed by atoms with Gasteiger partial charge in [-0.15, -0.1) is 24.0 Å². The van der Waals surface area contributed by atoms with Crippen molar-refractivity contribution in [2.24, 2.45) is 10.9 Å². The van der Waals surface area contributed by atoms with Crippen molar-refractivity contribution in [1.29, 1.82) is 0 Å². The summed E-state index contributed by atoms with van der Waals surface area (Å²) in [4.78, 5) is 30.9. The predicted octanol–water partition coefficient (Wildman–Crippen LogP) is 3.18. The lowest BCUT2D eigenvalue weighted by atomic mass is 9.97. The smallest absolute Gasteiger partial charge is 0.309 e. The van der Waals surface area contributed by atoms with E-state index in [2.05, 4.69) is 20.5 Å². The number of esters is 1. The average molecular weight is 554 g/mol. The van der Waals surface area contributed by atoms with Crippen LogP contribution in [0.1, 0.15) is 41.4 Å². The Balaban J connectivity index is 0.00000363. The highest BCUT2D eigenvalue weighted by atomic mass is 127. The van der Waals surface area contributed by atoms with E-state index in [1.165, 1.54) is 0 Å². The lowest BCUT2D eigenvalue weighted by molar-refractivity contribution is -0.149. The maximum atomic E-state index is 12.4. The molecule has 0 spiro atoms. The van der Waals surface area contributed by atoms with Crippen molar-refractivity contribution in [3.8, 4) is 0 Å². The van der Waals surface area contributed by atoms with Crippen LogP contribution in [0.2, 0.25) is 0 Å². The van der Waals surface area contributed by atoms with Crippen molar-refractivity contribution < 1.29 is 18.7 Å². The minimum Gasteiger partial charge on any atom is -0.467 e. The number of piperidine rings is 1. The number of amides is 1. The Morgan fingerprint density at radius 1 is 1.16 bits per heavy atom. The largest absolute Gasteiger partial charge is 0.467 e. The van der Waals surface area contributed by atoms with Gasteiger partial charge in [0.05, 0.1) is 25.3 Å². The second-order valence-corrected chi connectivity index (χ2v) is 7.38. The first-order chi connectivity index (χ1) is 15.1. The number of guanidine groups is 1. The molecule has 0 bridgehead atoms. The molecule has 0 radical (unpaired) electrons. The molecule has 2 N–H and O–H groups in total. The molecule has 2 aromatic rings. The second-order valence-electron chi connectivity index (χ2n) is 7.38. The van der Waals surface area contributed by atoms with E-state index in [1.54, 1.807) is 25.4 Å². The summed E-state index contributed by atoms with van der Waals surface area (Å²) in [5.74, 6) is 1.21. The van der Waals surface area contributed by atoms with E-state index in [0.717, 1.165) is 37.5 Å². The van der Waals surface area contributed by atoms with Crippen molar-refractivity contribution in [1.82, 2.24) is 15.5 Å². The van der Waals surface area contributed by atoms with Crippen molar-refractivity contribution in [2.45, 2.75) is 32.9 Å². The van der Waals surface area contributed by atoms with Crippen LogP contribution in [0.15, 0.2) is 52.1 Å². The Kier molecular flexibility index (Phi) is 10.5. The zero-order chi connectivity index (χ0) is 22.1. The molecular formula is C23H31IN4O4. The number of furan rings is 1. The van der Waals surface area contributed by atoms with E-state index in [4.69, 9.17) is 9.15 Å². The number of ether oxygens (including phenoxy) is 1. The lowest BCUT2D eigenvalue weighted by Gasteiger charge is -2.33. The van der Waals surface area contributed by atoms with Crippen LogP contribution in [0.4, 0.5) is 0 Å². The molecule has 0 aliphatic carbocycles. The Hall–Kier alpha value is -2.56. The molecule has 2 heterocycles. The third-order valence-corrected chi connectivity index (χ3v) is 5.27. The molecule has 3 rings (SSSR count). The zero-order valence-corrected chi connectivity index (χ0v) is 20.8. The monoisotopic (exact) mass is 554 g/mol. The number of aliphatic imine (C=N–C) groups is 1. The van der Waals surface area contributed by atoms with Crippen LogP contribution < -0.4 is 10.6 Å². The number of hydrogen-bond donors (Lipinski definition) is 2. The number of carbonyl (C=O) groups is 2. The molecule has 1 aromatic heterocycles. The highest BCUT2D eigenvalue weighted by Crippen LogP contribution is 2.19. The number of nitrogens with zero attached hydrogens (tertiary/aromatic N) is 2. The summed E-state index contributed by atoms with van der Waals surface area (Å²) in [5, 5.41) is 6.21. The molecule has 0 atom stereocenters. The molecule has 1 saturated heterocycles. The van der Waals surface area contributed by atoms with Crippen molar-refractivity contribution in [3.05, 3.63) is 59.5 Å². The van der Waals surface area contributed by atoms with Crippen molar-refractivity contribution >= 4 is 41.8 Å². The standard InChI is InChI=1S/C23H30N4O4.HI/c1-3-30-22(29)18-9-11-27(12-10-18)23(24-2)26-15-17-6-4-7-19(14-17)21(28)25-16-20-8-5-13-31-20;/h4-8,13-14,18H,3,9-12,15-16H2,1-2H3,(H,24,26)(H,25,28);1H. The van der Waals surface area contributed by atoms with Crippen LogP contribution in [0.5, 0.6) is 0 Å². The second kappa shape index (κ2) is 13.1. The normalized spacial score (nSPS) is 14.4. The van der Waals surface area contributed by atoms with Crippen LogP contribution in [0.3, 0.4) is 0 Å². The number of nitrogens with one attached hydrogen (secondary N) is 2. The number of benzene rings is 1. The fourth-order valence-electron chi connectivity index (χ4n) is 3.61. The van der Waals surface area contributed by atoms with Crippen LogP contribution in [-0.4, -0.2) is 49.5 Å². The number of rotatable bonds is 7. The summed E-state index contributed by atoms with van der Waals surface area (Å²) < 4.78 is 10.4. The molecule has 1 aliphatic heterocycles. The van der Waals surface area contributed by atoms with Crippen LogP contribution in [-0.2, 0) is 22.6 Å². The van der Waals surface area contributed by atoms with Gasteiger partial charge in [-0.3, -0.25) is 14.6 Å². The van der Waals surface area contributed by atoms with E-state index in [-0.39, 0.29) is 41.8 Å². The number of halogens is 1. The summed E-state index contributed by atoms with van der Waals surface area (Å²) in [6.07, 6.45) is 3.09. The number of likely N-dealkylation sites (tertiary alicyclic amines) is 1. The molecule has 1 amide bonds. The minimum atomic E-state index is -0.149. The zero-order valence-electron chi connectivity index (χ0n) is 18.5. The molecule has 32 heavy (non-hydrogen) atoms. The number of hydrogen-bond acceptors (Lipinski definition) is 5. The first-order valence-corrected chi connectivity index (χ1v) is 10.6. The maximum absolute atomic E-state index is 12.4. The summed E-state index contributed by atoms with van der Waals surface area (Å²) in [7, 11) is 1.75. The highest BCUT2D eigenvalue weighted by molar-refractivity contribution is 14.0. The van der Waals surface area contributed by atoms with Gasteiger partial charge in [0.15, 0.2) is 5.96 Å². The quantitative estimate of drug-likeness (QED) is 0.236. The lowest BCUT2D eigenvalue weighted by Crippen LogP contribution is -2.46. The van der Waals surface area contributed by atoms with E-state index in [9.17, 15) is 9.59 Å². The molecule has 0 unspecified atom stereocenters. The van der Waals surface area contributed by atoms with Crippen LogP contribution in [0, 0.1) is 5.92 Å². The molecular weight excluding hydrogens is 523 g/mol. The molecule has 1 aliphatic rings. The minimum absolute atomic E-state index is 0. The van der Waals surface area contributed by atoms with Gasteiger partial charge in [0.1, 0.15) is 5.76 Å². The Morgan fingerprint density at radius 3 is 2.59 bits per heavy atom. The van der Waals surface area contributed by atoms with Gasteiger partial charge < -0.3 is 24.7 Å². The molecule has 1 aromatic carbocycles. The fourth-order valence-corrected chi connectivity index (χ4v) is 3.61. The topological polar surface area (TPSA) is 96.2 Å². The maximum Gasteiger partial charge on any atom is 0.309 e. The highest BCUT2D eigenvalue weighted by Gasteiger charge is 2.27. The molecule has 9 heteroatoms. The van der Waals surface area contributed by atoms with Gasteiger partial charge in [0.25, 0.3) is 5.91 Å². The molecule has 0 saturated carbocycles.